The van der Waals surface area contributed by atoms with E-state index in [-0.39, 0.29) is 24.3 Å². The van der Waals surface area contributed by atoms with Crippen LogP contribution in [0.25, 0.3) is 0 Å². The van der Waals surface area contributed by atoms with E-state index in [0.717, 1.165) is 0 Å². The van der Waals surface area contributed by atoms with Gasteiger partial charge in [0.15, 0.2) is 5.82 Å². The summed E-state index contributed by atoms with van der Waals surface area (Å²) < 4.78 is 23.6. The molecule has 2 aromatic heterocycles. The summed E-state index contributed by atoms with van der Waals surface area (Å²) in [6.07, 6.45) is -0.579. The molecule has 1 saturated heterocycles. The summed E-state index contributed by atoms with van der Waals surface area (Å²) in [5.74, 6) is 0.779. The monoisotopic (exact) mass is 323 g/mol. The van der Waals surface area contributed by atoms with Crippen LogP contribution in [-0.4, -0.2) is 51.4 Å². The van der Waals surface area contributed by atoms with Crippen LogP contribution >= 0.6 is 0 Å². The van der Waals surface area contributed by atoms with Gasteiger partial charge in [0.1, 0.15) is 6.17 Å². The van der Waals surface area contributed by atoms with Crippen LogP contribution in [0.15, 0.2) is 15.1 Å². The summed E-state index contributed by atoms with van der Waals surface area (Å²) in [5.41, 5.74) is 0.633. The van der Waals surface area contributed by atoms with E-state index in [1.165, 1.54) is 0 Å². The Morgan fingerprint density at radius 1 is 1.43 bits per heavy atom. The van der Waals surface area contributed by atoms with Crippen LogP contribution in [0.4, 0.5) is 4.39 Å². The lowest BCUT2D eigenvalue weighted by Crippen LogP contribution is -2.40. The van der Waals surface area contributed by atoms with Crippen LogP contribution in [0, 0.1) is 13.8 Å². The maximum atomic E-state index is 13.7. The van der Waals surface area contributed by atoms with E-state index < -0.39 is 6.17 Å². The Morgan fingerprint density at radius 3 is 2.91 bits per heavy atom. The minimum Gasteiger partial charge on any atom is -0.351 e. The van der Waals surface area contributed by atoms with E-state index in [9.17, 15) is 9.18 Å². The third kappa shape index (κ3) is 3.73. The highest BCUT2D eigenvalue weighted by Crippen LogP contribution is 2.21. The number of carbonyl (C=O) groups excluding carboxylic acids is 1. The summed E-state index contributed by atoms with van der Waals surface area (Å²) in [7, 11) is 0. The average molecular weight is 323 g/mol. The number of aryl methyl sites for hydroxylation is 2. The van der Waals surface area contributed by atoms with E-state index in [0.29, 0.717) is 36.9 Å². The molecular weight excluding hydrogens is 305 g/mol. The number of nitrogens with zero attached hydrogens (tertiary/aromatic N) is 4. The summed E-state index contributed by atoms with van der Waals surface area (Å²) in [6.45, 7) is 4.43. The zero-order chi connectivity index (χ0) is 16.4. The van der Waals surface area contributed by atoms with Gasteiger partial charge in [-0.1, -0.05) is 10.3 Å². The van der Waals surface area contributed by atoms with Crippen LogP contribution in [0.1, 0.15) is 34.4 Å². The predicted octanol–water partition coefficient (Wildman–Crippen LogP) is 1.02. The number of amides is 1. The highest BCUT2D eigenvalue weighted by molar-refractivity contribution is 5.91. The number of hydrogen-bond donors (Lipinski definition) is 1. The standard InChI is InChI=1S/C14H18FN5O3/c1-8-3-12(23-18-8)14(21)16-5-11-4-10(15)6-20(11)7-13-17-9(2)22-19-13/h3,10-11H,4-7H2,1-2H3,(H,16,21)/t10-,11-/m0/s1. The Balaban J connectivity index is 1.57. The van der Waals surface area contributed by atoms with E-state index in [4.69, 9.17) is 9.05 Å². The second-order valence-electron chi connectivity index (χ2n) is 5.69. The van der Waals surface area contributed by atoms with Crippen molar-refractivity contribution in [2.45, 2.75) is 39.0 Å². The second-order valence-corrected chi connectivity index (χ2v) is 5.69. The van der Waals surface area contributed by atoms with Crippen LogP contribution in [0.2, 0.25) is 0 Å². The number of rotatable bonds is 5. The lowest BCUT2D eigenvalue weighted by molar-refractivity contribution is 0.0902. The van der Waals surface area contributed by atoms with Crippen molar-refractivity contribution in [1.29, 1.82) is 0 Å². The largest absolute Gasteiger partial charge is 0.351 e. The quantitative estimate of drug-likeness (QED) is 0.877. The fourth-order valence-electron chi connectivity index (χ4n) is 2.68. The van der Waals surface area contributed by atoms with Gasteiger partial charge in [0.05, 0.1) is 12.2 Å². The number of alkyl halides is 1. The molecule has 3 rings (SSSR count). The fraction of sp³-hybridized carbons (Fsp3) is 0.571. The van der Waals surface area contributed by atoms with Crippen molar-refractivity contribution >= 4 is 5.91 Å². The summed E-state index contributed by atoms with van der Waals surface area (Å²) >= 11 is 0. The van der Waals surface area contributed by atoms with Crippen molar-refractivity contribution in [3.05, 3.63) is 29.2 Å². The molecule has 1 fully saturated rings. The molecule has 1 N–H and O–H groups in total. The molecule has 8 nitrogen and oxygen atoms in total. The Labute approximate surface area is 132 Å². The molecule has 0 unspecified atom stereocenters. The highest BCUT2D eigenvalue weighted by atomic mass is 19.1. The van der Waals surface area contributed by atoms with Crippen molar-refractivity contribution in [2.24, 2.45) is 0 Å². The van der Waals surface area contributed by atoms with Crippen LogP contribution < -0.4 is 5.32 Å². The first-order valence-electron chi connectivity index (χ1n) is 7.40. The molecule has 124 valence electrons. The molecule has 0 aromatic carbocycles. The number of halogens is 1. The lowest BCUT2D eigenvalue weighted by Gasteiger charge is -2.22. The second kappa shape index (κ2) is 6.45. The van der Waals surface area contributed by atoms with Gasteiger partial charge in [0.2, 0.25) is 11.7 Å². The average Bonchev–Trinajstić information content (AvgIpc) is 3.19. The number of nitrogens with one attached hydrogen (secondary N) is 1. The molecule has 0 saturated carbocycles. The molecule has 1 amide bonds. The van der Waals surface area contributed by atoms with Gasteiger partial charge >= 0.3 is 0 Å². The smallest absolute Gasteiger partial charge is 0.289 e. The normalized spacial score (nSPS) is 21.7. The first-order chi connectivity index (χ1) is 11.0. The first-order valence-corrected chi connectivity index (χ1v) is 7.40. The van der Waals surface area contributed by atoms with Gasteiger partial charge in [-0.3, -0.25) is 9.69 Å². The predicted molar refractivity (Wildman–Crippen MR) is 76.3 cm³/mol. The number of aromatic nitrogens is 3. The highest BCUT2D eigenvalue weighted by Gasteiger charge is 2.33. The van der Waals surface area contributed by atoms with E-state index in [2.05, 4.69) is 20.6 Å². The minimum absolute atomic E-state index is 0.128. The van der Waals surface area contributed by atoms with Gasteiger partial charge in [-0.25, -0.2) is 4.39 Å². The van der Waals surface area contributed by atoms with Gasteiger partial charge in [-0.2, -0.15) is 4.98 Å². The minimum atomic E-state index is -0.933. The summed E-state index contributed by atoms with van der Waals surface area (Å²) in [5, 5.41) is 10.2. The van der Waals surface area contributed by atoms with Crippen LogP contribution in [0.5, 0.6) is 0 Å². The Morgan fingerprint density at radius 2 is 2.26 bits per heavy atom. The maximum Gasteiger partial charge on any atom is 0.289 e. The first kappa shape index (κ1) is 15.6. The molecule has 23 heavy (non-hydrogen) atoms. The van der Waals surface area contributed by atoms with Gasteiger partial charge in [-0.05, 0) is 13.3 Å². The number of hydrogen-bond acceptors (Lipinski definition) is 7. The molecule has 3 heterocycles. The topological polar surface area (TPSA) is 97.3 Å². The van der Waals surface area contributed by atoms with E-state index in [1.54, 1.807) is 19.9 Å². The molecule has 2 aromatic rings. The van der Waals surface area contributed by atoms with E-state index in [1.807, 2.05) is 4.90 Å². The number of carbonyl (C=O) groups is 1. The van der Waals surface area contributed by atoms with Crippen molar-refractivity contribution < 1.29 is 18.2 Å². The van der Waals surface area contributed by atoms with Gasteiger partial charge < -0.3 is 14.4 Å². The van der Waals surface area contributed by atoms with Gasteiger partial charge in [0.25, 0.3) is 5.91 Å². The fourth-order valence-corrected chi connectivity index (χ4v) is 2.68. The van der Waals surface area contributed by atoms with Crippen molar-refractivity contribution in [2.75, 3.05) is 13.1 Å². The Kier molecular flexibility index (Phi) is 4.37. The summed E-state index contributed by atoms with van der Waals surface area (Å²) in [4.78, 5) is 18.0. The van der Waals surface area contributed by atoms with E-state index >= 15 is 0 Å². The molecule has 0 aliphatic carbocycles. The molecule has 9 heteroatoms. The Bertz CT molecular complexity index is 686. The number of likely N-dealkylation sites (tertiary alicyclic amines) is 1. The molecule has 0 bridgehead atoms. The van der Waals surface area contributed by atoms with Gasteiger partial charge in [0, 0.05) is 32.1 Å². The molecule has 1 aliphatic rings. The van der Waals surface area contributed by atoms with Crippen molar-refractivity contribution in [1.82, 2.24) is 25.5 Å². The summed E-state index contributed by atoms with van der Waals surface area (Å²) in [6, 6.07) is 1.43. The zero-order valence-corrected chi connectivity index (χ0v) is 13.0. The third-order valence-corrected chi connectivity index (χ3v) is 3.74. The van der Waals surface area contributed by atoms with Crippen molar-refractivity contribution in [3.8, 4) is 0 Å². The van der Waals surface area contributed by atoms with Crippen molar-refractivity contribution in [3.63, 3.8) is 0 Å². The van der Waals surface area contributed by atoms with Gasteiger partial charge in [-0.15, -0.1) is 0 Å². The molecule has 0 radical (unpaired) electrons. The molecule has 1 aliphatic heterocycles. The molecule has 0 spiro atoms. The van der Waals surface area contributed by atoms with Crippen LogP contribution in [0.3, 0.4) is 0 Å². The zero-order valence-electron chi connectivity index (χ0n) is 13.0. The molecule has 2 atom stereocenters. The molecular formula is C14H18FN5O3. The lowest BCUT2D eigenvalue weighted by atomic mass is 10.2. The maximum absolute atomic E-state index is 13.7. The van der Waals surface area contributed by atoms with Crippen LogP contribution in [-0.2, 0) is 6.54 Å². The Hall–Kier alpha value is -2.29. The third-order valence-electron chi connectivity index (χ3n) is 3.74. The SMILES string of the molecule is Cc1cc(C(=O)NC[C@@H]2C[C@H](F)CN2Cc2noc(C)n2)on1.